The summed E-state index contributed by atoms with van der Waals surface area (Å²) in [6.45, 7) is 3.43. The summed E-state index contributed by atoms with van der Waals surface area (Å²) in [4.78, 5) is 40.2. The molecule has 0 aliphatic rings. The van der Waals surface area contributed by atoms with Gasteiger partial charge >= 0.3 is 5.97 Å². The second-order valence-corrected chi connectivity index (χ2v) is 8.57. The minimum Gasteiger partial charge on any atom is -0.480 e. The van der Waals surface area contributed by atoms with E-state index in [0.717, 1.165) is 22.2 Å². The molecule has 0 fully saturated rings. The summed E-state index contributed by atoms with van der Waals surface area (Å²) in [6, 6.07) is 4.91. The largest absolute Gasteiger partial charge is 0.480 e. The second kappa shape index (κ2) is 11.0. The predicted molar refractivity (Wildman–Crippen MR) is 119 cm³/mol. The zero-order valence-electron chi connectivity index (χ0n) is 17.5. The van der Waals surface area contributed by atoms with Gasteiger partial charge in [0.25, 0.3) is 0 Å². The molecule has 0 saturated heterocycles. The first-order valence-electron chi connectivity index (χ1n) is 9.87. The van der Waals surface area contributed by atoms with Crippen LogP contribution in [0.4, 0.5) is 0 Å². The Hall–Kier alpha value is -2.52. The van der Waals surface area contributed by atoms with Gasteiger partial charge in [-0.15, -0.1) is 0 Å². The predicted octanol–water partition coefficient (Wildman–Crippen LogP) is 1.50. The fraction of sp³-hybridized carbons (Fsp3) is 0.476. The highest BCUT2D eigenvalue weighted by molar-refractivity contribution is 7.98. The first-order valence-corrected chi connectivity index (χ1v) is 11.3. The summed E-state index contributed by atoms with van der Waals surface area (Å²) in [5.74, 6) is -1.68. The number of carboxylic acid groups (broad SMARTS) is 1. The standard InChI is InChI=1S/C21H30N4O4S/c1-12(2)18(21(28)29)25-20(27)17(24-19(26)15(22)8-9-30-3)10-13-11-23-16-7-5-4-6-14(13)16/h4-7,11-12,15,17-18,23H,8-10,22H2,1-3H3,(H,24,26)(H,25,27)(H,28,29). The number of H-pyrrole nitrogens is 1. The zero-order chi connectivity index (χ0) is 22.3. The second-order valence-electron chi connectivity index (χ2n) is 7.58. The van der Waals surface area contributed by atoms with E-state index in [1.165, 1.54) is 0 Å². The molecular formula is C21H30N4O4S. The van der Waals surface area contributed by atoms with Crippen LogP contribution in [0.25, 0.3) is 10.9 Å². The third-order valence-electron chi connectivity index (χ3n) is 4.93. The Morgan fingerprint density at radius 2 is 1.87 bits per heavy atom. The molecule has 0 bridgehead atoms. The molecule has 0 aliphatic carbocycles. The zero-order valence-corrected chi connectivity index (χ0v) is 18.3. The number of carbonyl (C=O) groups excluding carboxylic acids is 2. The molecule has 1 aromatic carbocycles. The Bertz CT molecular complexity index is 883. The maximum Gasteiger partial charge on any atom is 0.326 e. The van der Waals surface area contributed by atoms with Crippen molar-refractivity contribution in [2.45, 2.75) is 44.8 Å². The van der Waals surface area contributed by atoms with E-state index in [1.54, 1.807) is 31.8 Å². The molecule has 30 heavy (non-hydrogen) atoms. The number of hydrogen-bond donors (Lipinski definition) is 5. The Morgan fingerprint density at radius 1 is 1.17 bits per heavy atom. The summed E-state index contributed by atoms with van der Waals surface area (Å²) in [6.07, 6.45) is 4.41. The average molecular weight is 435 g/mol. The van der Waals surface area contributed by atoms with Crippen LogP contribution in [0.3, 0.4) is 0 Å². The van der Waals surface area contributed by atoms with Crippen molar-refractivity contribution >= 4 is 40.4 Å². The van der Waals surface area contributed by atoms with Crippen LogP contribution < -0.4 is 16.4 Å². The monoisotopic (exact) mass is 434 g/mol. The average Bonchev–Trinajstić information content (AvgIpc) is 3.11. The number of carbonyl (C=O) groups is 3. The number of aromatic amines is 1. The van der Waals surface area contributed by atoms with Crippen LogP contribution in [-0.2, 0) is 20.8 Å². The molecular weight excluding hydrogens is 404 g/mol. The van der Waals surface area contributed by atoms with E-state index in [4.69, 9.17) is 5.73 Å². The Balaban J connectivity index is 2.23. The molecule has 3 atom stereocenters. The van der Waals surface area contributed by atoms with Gasteiger partial charge in [-0.2, -0.15) is 11.8 Å². The third kappa shape index (κ3) is 6.24. The number of benzene rings is 1. The number of hydrogen-bond acceptors (Lipinski definition) is 5. The number of nitrogens with two attached hydrogens (primary N) is 1. The topological polar surface area (TPSA) is 137 Å². The van der Waals surface area contributed by atoms with Gasteiger partial charge in [0.15, 0.2) is 0 Å². The molecule has 164 valence electrons. The van der Waals surface area contributed by atoms with Gasteiger partial charge in [-0.05, 0) is 36.0 Å². The van der Waals surface area contributed by atoms with Crippen molar-refractivity contribution in [2.24, 2.45) is 11.7 Å². The van der Waals surface area contributed by atoms with Crippen molar-refractivity contribution in [1.29, 1.82) is 0 Å². The van der Waals surface area contributed by atoms with Gasteiger partial charge in [-0.1, -0.05) is 32.0 Å². The summed E-state index contributed by atoms with van der Waals surface area (Å²) in [5, 5.41) is 15.6. The highest BCUT2D eigenvalue weighted by Gasteiger charge is 2.30. The molecule has 0 spiro atoms. The number of fused-ring (bicyclic) bond motifs is 1. The van der Waals surface area contributed by atoms with Crippen LogP contribution in [0.5, 0.6) is 0 Å². The maximum absolute atomic E-state index is 13.0. The summed E-state index contributed by atoms with van der Waals surface area (Å²) in [7, 11) is 0. The van der Waals surface area contributed by atoms with Crippen LogP contribution in [0.2, 0.25) is 0 Å². The molecule has 0 radical (unpaired) electrons. The van der Waals surface area contributed by atoms with Crippen molar-refractivity contribution in [3.8, 4) is 0 Å². The van der Waals surface area contributed by atoms with Crippen molar-refractivity contribution in [1.82, 2.24) is 15.6 Å². The van der Waals surface area contributed by atoms with Crippen LogP contribution >= 0.6 is 11.8 Å². The van der Waals surface area contributed by atoms with Gasteiger partial charge in [0.05, 0.1) is 6.04 Å². The molecule has 2 rings (SSSR count). The first kappa shape index (κ1) is 23.8. The molecule has 9 heteroatoms. The molecule has 8 nitrogen and oxygen atoms in total. The molecule has 2 amide bonds. The first-order chi connectivity index (χ1) is 14.2. The van der Waals surface area contributed by atoms with E-state index in [9.17, 15) is 19.5 Å². The minimum absolute atomic E-state index is 0.210. The number of nitrogens with one attached hydrogen (secondary N) is 3. The van der Waals surface area contributed by atoms with E-state index >= 15 is 0 Å². The fourth-order valence-electron chi connectivity index (χ4n) is 3.15. The van der Waals surface area contributed by atoms with Gasteiger partial charge in [-0.25, -0.2) is 4.79 Å². The minimum atomic E-state index is -1.12. The van der Waals surface area contributed by atoms with E-state index in [-0.39, 0.29) is 12.3 Å². The number of carboxylic acids is 1. The number of rotatable bonds is 11. The van der Waals surface area contributed by atoms with E-state index < -0.39 is 35.9 Å². The Morgan fingerprint density at radius 3 is 2.50 bits per heavy atom. The number of aromatic nitrogens is 1. The third-order valence-corrected chi connectivity index (χ3v) is 5.58. The normalized spacial score (nSPS) is 14.3. The van der Waals surface area contributed by atoms with E-state index in [0.29, 0.717) is 6.42 Å². The van der Waals surface area contributed by atoms with Crippen molar-refractivity contribution < 1.29 is 19.5 Å². The summed E-state index contributed by atoms with van der Waals surface area (Å²) >= 11 is 1.58. The van der Waals surface area contributed by atoms with Crippen LogP contribution in [0.1, 0.15) is 25.8 Å². The molecule has 6 N–H and O–H groups in total. The van der Waals surface area contributed by atoms with Crippen molar-refractivity contribution in [3.05, 3.63) is 36.0 Å². The molecule has 1 aromatic heterocycles. The lowest BCUT2D eigenvalue weighted by atomic mass is 10.0. The maximum atomic E-state index is 13.0. The Kier molecular flexibility index (Phi) is 8.73. The number of para-hydroxylation sites is 1. The number of thioether (sulfide) groups is 1. The van der Waals surface area contributed by atoms with Crippen LogP contribution in [-0.4, -0.2) is 58.0 Å². The molecule has 2 aromatic rings. The highest BCUT2D eigenvalue weighted by atomic mass is 32.2. The lowest BCUT2D eigenvalue weighted by Gasteiger charge is -2.24. The number of aliphatic carboxylic acids is 1. The van der Waals surface area contributed by atoms with E-state index in [2.05, 4.69) is 15.6 Å². The van der Waals surface area contributed by atoms with Crippen molar-refractivity contribution in [3.63, 3.8) is 0 Å². The van der Waals surface area contributed by atoms with E-state index in [1.807, 2.05) is 30.5 Å². The van der Waals surface area contributed by atoms with Gasteiger partial charge in [0.1, 0.15) is 12.1 Å². The molecule has 1 heterocycles. The van der Waals surface area contributed by atoms with Crippen LogP contribution in [0, 0.1) is 5.92 Å². The SMILES string of the molecule is CSCCC(N)C(=O)NC(Cc1c[nH]c2ccccc12)C(=O)NC(C(=O)O)C(C)C. The lowest BCUT2D eigenvalue weighted by molar-refractivity contribution is -0.143. The van der Waals surface area contributed by atoms with Crippen molar-refractivity contribution in [2.75, 3.05) is 12.0 Å². The smallest absolute Gasteiger partial charge is 0.326 e. The number of amides is 2. The van der Waals surface area contributed by atoms with Gasteiger partial charge in [0.2, 0.25) is 11.8 Å². The summed E-state index contributed by atoms with van der Waals surface area (Å²) in [5.41, 5.74) is 7.72. The van der Waals surface area contributed by atoms with Crippen LogP contribution in [0.15, 0.2) is 30.5 Å². The molecule has 3 unspecified atom stereocenters. The fourth-order valence-corrected chi connectivity index (χ4v) is 3.64. The Labute approximate surface area is 180 Å². The van der Waals surface area contributed by atoms with Gasteiger partial charge < -0.3 is 26.5 Å². The quantitative estimate of drug-likeness (QED) is 0.363. The van der Waals surface area contributed by atoms with Gasteiger partial charge in [0, 0.05) is 23.5 Å². The lowest BCUT2D eigenvalue weighted by Crippen LogP contribution is -2.56. The highest BCUT2D eigenvalue weighted by Crippen LogP contribution is 2.19. The molecule has 0 saturated carbocycles. The summed E-state index contributed by atoms with van der Waals surface area (Å²) < 4.78 is 0. The molecule has 0 aliphatic heterocycles. The van der Waals surface area contributed by atoms with Gasteiger partial charge in [-0.3, -0.25) is 9.59 Å².